The fourth-order valence-corrected chi connectivity index (χ4v) is 2.55. The van der Waals surface area contributed by atoms with Crippen LogP contribution in [0.3, 0.4) is 0 Å². The minimum Gasteiger partial charge on any atom is -0.494 e. The highest BCUT2D eigenvalue weighted by atomic mass is 16.5. The minimum atomic E-state index is -0.488. The first kappa shape index (κ1) is 15.6. The van der Waals surface area contributed by atoms with Gasteiger partial charge in [0, 0.05) is 5.92 Å². The molecule has 2 atom stereocenters. The van der Waals surface area contributed by atoms with E-state index < -0.39 is 6.10 Å². The van der Waals surface area contributed by atoms with Crippen LogP contribution in [0, 0.1) is 0 Å². The van der Waals surface area contributed by atoms with Crippen molar-refractivity contribution in [1.82, 2.24) is 0 Å². The molecule has 2 heteroatoms. The van der Waals surface area contributed by atoms with Crippen molar-refractivity contribution in [2.45, 2.75) is 38.7 Å². The summed E-state index contributed by atoms with van der Waals surface area (Å²) >= 11 is 0. The molecule has 0 aliphatic carbocycles. The zero-order chi connectivity index (χ0) is 15.1. The number of aliphatic hydroxyl groups excluding tert-OH is 1. The maximum atomic E-state index is 10.7. The van der Waals surface area contributed by atoms with Crippen LogP contribution in [0.15, 0.2) is 54.6 Å². The van der Waals surface area contributed by atoms with E-state index in [2.05, 4.69) is 26.0 Å². The Balaban J connectivity index is 2.12. The smallest absolute Gasteiger partial charge is 0.119 e. The standard InChI is InChI=1S/C19H24O2/c1-3-14-21-17-12-10-16(11-13-17)19(20)18(4-2)15-8-6-5-7-9-15/h5-13,18-20H,3-4,14H2,1-2H3. The van der Waals surface area contributed by atoms with Gasteiger partial charge in [-0.2, -0.15) is 0 Å². The molecule has 0 aromatic heterocycles. The van der Waals surface area contributed by atoms with Crippen LogP contribution in [-0.2, 0) is 0 Å². The number of benzene rings is 2. The summed E-state index contributed by atoms with van der Waals surface area (Å²) in [5.41, 5.74) is 2.12. The first-order valence-corrected chi connectivity index (χ1v) is 7.72. The van der Waals surface area contributed by atoms with E-state index in [0.29, 0.717) is 0 Å². The summed E-state index contributed by atoms with van der Waals surface area (Å²) in [6, 6.07) is 18.0. The van der Waals surface area contributed by atoms with E-state index in [9.17, 15) is 5.11 Å². The van der Waals surface area contributed by atoms with E-state index in [1.54, 1.807) is 0 Å². The maximum absolute atomic E-state index is 10.7. The highest BCUT2D eigenvalue weighted by Gasteiger charge is 2.20. The SMILES string of the molecule is CCCOc1ccc(C(O)C(CC)c2ccccc2)cc1. The topological polar surface area (TPSA) is 29.5 Å². The van der Waals surface area contributed by atoms with Crippen molar-refractivity contribution >= 4 is 0 Å². The highest BCUT2D eigenvalue weighted by molar-refractivity contribution is 5.31. The number of hydrogen-bond donors (Lipinski definition) is 1. The largest absolute Gasteiger partial charge is 0.494 e. The van der Waals surface area contributed by atoms with E-state index in [4.69, 9.17) is 4.74 Å². The molecule has 0 aliphatic heterocycles. The lowest BCUT2D eigenvalue weighted by molar-refractivity contribution is 0.142. The van der Waals surface area contributed by atoms with Gasteiger partial charge in [-0.05, 0) is 36.1 Å². The monoisotopic (exact) mass is 284 g/mol. The number of aliphatic hydroxyl groups is 1. The van der Waals surface area contributed by atoms with Gasteiger partial charge in [-0.1, -0.05) is 56.3 Å². The predicted molar refractivity (Wildman–Crippen MR) is 86.7 cm³/mol. The highest BCUT2D eigenvalue weighted by Crippen LogP contribution is 2.34. The van der Waals surface area contributed by atoms with Gasteiger partial charge in [0.05, 0.1) is 12.7 Å². The van der Waals surface area contributed by atoms with E-state index in [1.807, 2.05) is 42.5 Å². The van der Waals surface area contributed by atoms with Crippen molar-refractivity contribution in [1.29, 1.82) is 0 Å². The van der Waals surface area contributed by atoms with Gasteiger partial charge in [-0.15, -0.1) is 0 Å². The van der Waals surface area contributed by atoms with Crippen LogP contribution in [0.1, 0.15) is 49.8 Å². The van der Waals surface area contributed by atoms with Crippen LogP contribution in [0.5, 0.6) is 5.75 Å². The molecule has 0 radical (unpaired) electrons. The Labute approximate surface area is 127 Å². The Morgan fingerprint density at radius 3 is 2.14 bits per heavy atom. The molecule has 0 saturated heterocycles. The number of hydrogen-bond acceptors (Lipinski definition) is 2. The molecular formula is C19H24O2. The molecule has 2 rings (SSSR count). The fraction of sp³-hybridized carbons (Fsp3) is 0.368. The minimum absolute atomic E-state index is 0.119. The molecule has 2 unspecified atom stereocenters. The second-order valence-corrected chi connectivity index (χ2v) is 5.29. The third-order valence-electron chi connectivity index (χ3n) is 3.74. The zero-order valence-electron chi connectivity index (χ0n) is 12.8. The second-order valence-electron chi connectivity index (χ2n) is 5.29. The lowest BCUT2D eigenvalue weighted by atomic mass is 9.87. The molecular weight excluding hydrogens is 260 g/mol. The molecule has 1 N–H and O–H groups in total. The lowest BCUT2D eigenvalue weighted by Crippen LogP contribution is -2.10. The van der Waals surface area contributed by atoms with Crippen molar-refractivity contribution in [2.75, 3.05) is 6.61 Å². The first-order valence-electron chi connectivity index (χ1n) is 7.72. The summed E-state index contributed by atoms with van der Waals surface area (Å²) in [5, 5.41) is 10.7. The van der Waals surface area contributed by atoms with Crippen molar-refractivity contribution in [2.24, 2.45) is 0 Å². The molecule has 0 aliphatic rings. The zero-order valence-corrected chi connectivity index (χ0v) is 12.8. The van der Waals surface area contributed by atoms with Gasteiger partial charge in [-0.3, -0.25) is 0 Å². The quantitative estimate of drug-likeness (QED) is 0.798. The van der Waals surface area contributed by atoms with Crippen LogP contribution in [0.2, 0.25) is 0 Å². The van der Waals surface area contributed by atoms with Gasteiger partial charge in [0.25, 0.3) is 0 Å². The summed E-state index contributed by atoms with van der Waals surface area (Å²) in [4.78, 5) is 0. The average Bonchev–Trinajstić information content (AvgIpc) is 2.55. The predicted octanol–water partition coefficient (Wildman–Crippen LogP) is 4.70. The van der Waals surface area contributed by atoms with E-state index in [-0.39, 0.29) is 5.92 Å². The first-order chi connectivity index (χ1) is 10.3. The molecule has 0 saturated carbocycles. The molecule has 0 heterocycles. The fourth-order valence-electron chi connectivity index (χ4n) is 2.55. The molecule has 0 fully saturated rings. The van der Waals surface area contributed by atoms with Gasteiger partial charge in [0.2, 0.25) is 0 Å². The van der Waals surface area contributed by atoms with E-state index >= 15 is 0 Å². The summed E-state index contributed by atoms with van der Waals surface area (Å²) in [5.74, 6) is 0.981. The van der Waals surface area contributed by atoms with Crippen LogP contribution in [0.25, 0.3) is 0 Å². The van der Waals surface area contributed by atoms with Crippen LogP contribution in [0.4, 0.5) is 0 Å². The molecule has 2 aromatic rings. The van der Waals surface area contributed by atoms with E-state index in [1.165, 1.54) is 5.56 Å². The Kier molecular flexibility index (Phi) is 5.82. The Morgan fingerprint density at radius 1 is 0.905 bits per heavy atom. The van der Waals surface area contributed by atoms with Crippen molar-refractivity contribution in [3.8, 4) is 5.75 Å². The molecule has 2 nitrogen and oxygen atoms in total. The Morgan fingerprint density at radius 2 is 1.57 bits per heavy atom. The normalized spacial score (nSPS) is 13.7. The molecule has 0 bridgehead atoms. The van der Waals surface area contributed by atoms with Crippen LogP contribution >= 0.6 is 0 Å². The molecule has 2 aromatic carbocycles. The van der Waals surface area contributed by atoms with Crippen molar-refractivity contribution < 1.29 is 9.84 Å². The Hall–Kier alpha value is -1.80. The lowest BCUT2D eigenvalue weighted by Gasteiger charge is -2.22. The summed E-state index contributed by atoms with van der Waals surface area (Å²) < 4.78 is 5.58. The molecule has 0 spiro atoms. The van der Waals surface area contributed by atoms with Crippen molar-refractivity contribution in [3.63, 3.8) is 0 Å². The maximum Gasteiger partial charge on any atom is 0.119 e. The van der Waals surface area contributed by atoms with Gasteiger partial charge >= 0.3 is 0 Å². The Bertz CT molecular complexity index is 519. The van der Waals surface area contributed by atoms with Gasteiger partial charge in [0.15, 0.2) is 0 Å². The number of rotatable bonds is 7. The molecule has 112 valence electrons. The van der Waals surface area contributed by atoms with Gasteiger partial charge in [-0.25, -0.2) is 0 Å². The second kappa shape index (κ2) is 7.84. The van der Waals surface area contributed by atoms with Crippen LogP contribution < -0.4 is 4.74 Å². The summed E-state index contributed by atoms with van der Waals surface area (Å²) in [7, 11) is 0. The third kappa shape index (κ3) is 4.08. The molecule has 0 amide bonds. The molecule has 21 heavy (non-hydrogen) atoms. The number of ether oxygens (including phenoxy) is 1. The summed E-state index contributed by atoms with van der Waals surface area (Å²) in [6.07, 6.45) is 1.41. The van der Waals surface area contributed by atoms with Crippen molar-refractivity contribution in [3.05, 3.63) is 65.7 Å². The van der Waals surface area contributed by atoms with Gasteiger partial charge < -0.3 is 9.84 Å². The average molecular weight is 284 g/mol. The third-order valence-corrected chi connectivity index (χ3v) is 3.74. The van der Waals surface area contributed by atoms with Crippen LogP contribution in [-0.4, -0.2) is 11.7 Å². The summed E-state index contributed by atoms with van der Waals surface area (Å²) in [6.45, 7) is 4.92. The van der Waals surface area contributed by atoms with Gasteiger partial charge in [0.1, 0.15) is 5.75 Å². The van der Waals surface area contributed by atoms with E-state index in [0.717, 1.165) is 30.8 Å².